The van der Waals surface area contributed by atoms with Gasteiger partial charge >= 0.3 is 5.97 Å². The lowest BCUT2D eigenvalue weighted by Crippen LogP contribution is -2.16. The number of carbonyl (C=O) groups excluding carboxylic acids is 1. The van der Waals surface area contributed by atoms with Gasteiger partial charge in [0.1, 0.15) is 19.0 Å². The molecule has 25 heavy (non-hydrogen) atoms. The molecule has 0 unspecified atom stereocenters. The van der Waals surface area contributed by atoms with E-state index in [9.17, 15) is 4.79 Å². The Hall–Kier alpha value is -2.53. The standard InChI is InChI=1S/C20H15BrO4/c21-16-4-2-15-12-17(5-3-14(15)11-16)25-20(22)10-13-1-6-18-19(9-13)24-8-7-23-18/h1-6,9,11-12H,7-8,10H2. The van der Waals surface area contributed by atoms with Gasteiger partial charge in [-0.25, -0.2) is 0 Å². The van der Waals surface area contributed by atoms with E-state index in [0.717, 1.165) is 20.8 Å². The molecule has 5 heteroatoms. The van der Waals surface area contributed by atoms with E-state index in [1.807, 2.05) is 48.5 Å². The van der Waals surface area contributed by atoms with Gasteiger partial charge in [0.05, 0.1) is 6.42 Å². The second kappa shape index (κ2) is 6.76. The highest BCUT2D eigenvalue weighted by atomic mass is 79.9. The van der Waals surface area contributed by atoms with E-state index in [1.165, 1.54) is 0 Å². The topological polar surface area (TPSA) is 44.8 Å². The Kier molecular flexibility index (Phi) is 4.32. The summed E-state index contributed by atoms with van der Waals surface area (Å²) in [6.07, 6.45) is 0.176. The van der Waals surface area contributed by atoms with Crippen LogP contribution in [0.5, 0.6) is 17.2 Å². The summed E-state index contributed by atoms with van der Waals surface area (Å²) in [6.45, 7) is 1.07. The third-order valence-corrected chi connectivity index (χ3v) is 4.45. The summed E-state index contributed by atoms with van der Waals surface area (Å²) in [4.78, 5) is 12.2. The fourth-order valence-corrected chi connectivity index (χ4v) is 3.17. The van der Waals surface area contributed by atoms with E-state index in [0.29, 0.717) is 30.5 Å². The van der Waals surface area contributed by atoms with Crippen molar-refractivity contribution in [2.24, 2.45) is 0 Å². The van der Waals surface area contributed by atoms with E-state index in [-0.39, 0.29) is 12.4 Å². The molecule has 0 aliphatic carbocycles. The molecule has 126 valence electrons. The fourth-order valence-electron chi connectivity index (χ4n) is 2.79. The van der Waals surface area contributed by atoms with Crippen LogP contribution in [-0.4, -0.2) is 19.2 Å². The van der Waals surface area contributed by atoms with Gasteiger partial charge < -0.3 is 14.2 Å². The first-order chi connectivity index (χ1) is 12.2. The molecular formula is C20H15BrO4. The highest BCUT2D eigenvalue weighted by Crippen LogP contribution is 2.31. The van der Waals surface area contributed by atoms with Crippen molar-refractivity contribution >= 4 is 32.7 Å². The molecule has 0 bridgehead atoms. The van der Waals surface area contributed by atoms with Gasteiger partial charge in [0.2, 0.25) is 0 Å². The lowest BCUT2D eigenvalue weighted by Gasteiger charge is -2.18. The number of esters is 1. The highest BCUT2D eigenvalue weighted by molar-refractivity contribution is 9.10. The van der Waals surface area contributed by atoms with E-state index in [4.69, 9.17) is 14.2 Å². The van der Waals surface area contributed by atoms with Crippen LogP contribution in [0.4, 0.5) is 0 Å². The van der Waals surface area contributed by atoms with Crippen LogP contribution in [0, 0.1) is 0 Å². The molecule has 0 fully saturated rings. The van der Waals surface area contributed by atoms with E-state index >= 15 is 0 Å². The zero-order chi connectivity index (χ0) is 17.2. The summed E-state index contributed by atoms with van der Waals surface area (Å²) < 4.78 is 17.5. The van der Waals surface area contributed by atoms with E-state index < -0.39 is 0 Å². The second-order valence-electron chi connectivity index (χ2n) is 5.78. The van der Waals surface area contributed by atoms with Crippen LogP contribution < -0.4 is 14.2 Å². The summed E-state index contributed by atoms with van der Waals surface area (Å²) in [5.74, 6) is 1.61. The Morgan fingerprint density at radius 1 is 0.920 bits per heavy atom. The Bertz CT molecular complexity index is 952. The maximum absolute atomic E-state index is 12.2. The van der Waals surface area contributed by atoms with Crippen LogP contribution in [0.1, 0.15) is 5.56 Å². The predicted octanol–water partition coefficient (Wildman–Crippen LogP) is 4.52. The van der Waals surface area contributed by atoms with Crippen molar-refractivity contribution in [1.82, 2.24) is 0 Å². The minimum Gasteiger partial charge on any atom is -0.486 e. The Morgan fingerprint density at radius 2 is 1.68 bits per heavy atom. The summed E-state index contributed by atoms with van der Waals surface area (Å²) in [5, 5.41) is 2.11. The molecule has 0 radical (unpaired) electrons. The summed E-state index contributed by atoms with van der Waals surface area (Å²) in [7, 11) is 0. The number of ether oxygens (including phenoxy) is 3. The van der Waals surface area contributed by atoms with Crippen molar-refractivity contribution in [2.75, 3.05) is 13.2 Å². The molecule has 0 N–H and O–H groups in total. The molecular weight excluding hydrogens is 384 g/mol. The van der Waals surface area contributed by atoms with Crippen LogP contribution in [0.3, 0.4) is 0 Å². The normalized spacial score (nSPS) is 12.8. The first-order valence-electron chi connectivity index (χ1n) is 7.96. The van der Waals surface area contributed by atoms with Crippen LogP contribution in [-0.2, 0) is 11.2 Å². The van der Waals surface area contributed by atoms with Gasteiger partial charge in [-0.3, -0.25) is 4.79 Å². The molecule has 0 atom stereocenters. The SMILES string of the molecule is O=C(Cc1ccc2c(c1)OCCO2)Oc1ccc2cc(Br)ccc2c1. The molecule has 0 saturated heterocycles. The number of carbonyl (C=O) groups is 1. The van der Waals surface area contributed by atoms with Crippen molar-refractivity contribution < 1.29 is 19.0 Å². The minimum absolute atomic E-state index is 0.176. The van der Waals surface area contributed by atoms with Gasteiger partial charge in [-0.2, -0.15) is 0 Å². The van der Waals surface area contributed by atoms with Crippen LogP contribution >= 0.6 is 15.9 Å². The van der Waals surface area contributed by atoms with Crippen molar-refractivity contribution in [3.63, 3.8) is 0 Å². The first kappa shape index (κ1) is 16.0. The van der Waals surface area contributed by atoms with Crippen molar-refractivity contribution in [2.45, 2.75) is 6.42 Å². The monoisotopic (exact) mass is 398 g/mol. The first-order valence-corrected chi connectivity index (χ1v) is 8.75. The zero-order valence-electron chi connectivity index (χ0n) is 13.3. The van der Waals surface area contributed by atoms with Gasteiger partial charge in [0.15, 0.2) is 11.5 Å². The van der Waals surface area contributed by atoms with Crippen LogP contribution in [0.2, 0.25) is 0 Å². The molecule has 4 nitrogen and oxygen atoms in total. The van der Waals surface area contributed by atoms with Gasteiger partial charge in [0, 0.05) is 4.47 Å². The molecule has 1 aliphatic rings. The number of halogens is 1. The highest BCUT2D eigenvalue weighted by Gasteiger charge is 2.14. The molecule has 4 rings (SSSR count). The number of fused-ring (bicyclic) bond motifs is 2. The molecule has 0 aromatic heterocycles. The quantitative estimate of drug-likeness (QED) is 0.480. The average Bonchev–Trinajstić information content (AvgIpc) is 2.61. The Morgan fingerprint density at radius 3 is 2.56 bits per heavy atom. The van der Waals surface area contributed by atoms with Crippen LogP contribution in [0.25, 0.3) is 10.8 Å². The molecule has 0 saturated carbocycles. The zero-order valence-corrected chi connectivity index (χ0v) is 14.9. The number of hydrogen-bond acceptors (Lipinski definition) is 4. The fraction of sp³-hybridized carbons (Fsp3) is 0.150. The summed E-state index contributed by atoms with van der Waals surface area (Å²) in [5.41, 5.74) is 0.832. The van der Waals surface area contributed by atoms with E-state index in [1.54, 1.807) is 6.07 Å². The lowest BCUT2D eigenvalue weighted by atomic mass is 10.1. The second-order valence-corrected chi connectivity index (χ2v) is 6.70. The Balaban J connectivity index is 1.47. The van der Waals surface area contributed by atoms with Crippen molar-refractivity contribution in [3.8, 4) is 17.2 Å². The smallest absolute Gasteiger partial charge is 0.315 e. The average molecular weight is 399 g/mol. The molecule has 1 aliphatic heterocycles. The maximum atomic E-state index is 12.2. The van der Waals surface area contributed by atoms with Crippen molar-refractivity contribution in [1.29, 1.82) is 0 Å². The molecule has 0 amide bonds. The predicted molar refractivity (Wildman–Crippen MR) is 98.4 cm³/mol. The Labute approximate surface area is 153 Å². The number of rotatable bonds is 3. The molecule has 3 aromatic rings. The van der Waals surface area contributed by atoms with Gasteiger partial charge in [0.25, 0.3) is 0 Å². The van der Waals surface area contributed by atoms with Crippen LogP contribution in [0.15, 0.2) is 59.1 Å². The number of hydrogen-bond donors (Lipinski definition) is 0. The van der Waals surface area contributed by atoms with Gasteiger partial charge in [-0.15, -0.1) is 0 Å². The largest absolute Gasteiger partial charge is 0.486 e. The third-order valence-electron chi connectivity index (χ3n) is 3.96. The van der Waals surface area contributed by atoms with E-state index in [2.05, 4.69) is 15.9 Å². The van der Waals surface area contributed by atoms with Gasteiger partial charge in [-0.1, -0.05) is 34.1 Å². The maximum Gasteiger partial charge on any atom is 0.315 e. The molecule has 0 spiro atoms. The van der Waals surface area contributed by atoms with Crippen molar-refractivity contribution in [3.05, 3.63) is 64.6 Å². The summed E-state index contributed by atoms with van der Waals surface area (Å²) >= 11 is 3.45. The minimum atomic E-state index is -0.312. The lowest BCUT2D eigenvalue weighted by molar-refractivity contribution is -0.133. The van der Waals surface area contributed by atoms with Gasteiger partial charge in [-0.05, 0) is 52.7 Å². The number of benzene rings is 3. The molecule has 1 heterocycles. The molecule has 3 aromatic carbocycles. The third kappa shape index (κ3) is 3.61. The summed E-state index contributed by atoms with van der Waals surface area (Å²) in [6, 6.07) is 17.1.